The zero-order valence-corrected chi connectivity index (χ0v) is 11.3. The third-order valence-electron chi connectivity index (χ3n) is 3.68. The van der Waals surface area contributed by atoms with Gasteiger partial charge in [0.2, 0.25) is 5.91 Å². The number of aromatic amines is 1. The van der Waals surface area contributed by atoms with Crippen molar-refractivity contribution in [3.8, 4) is 0 Å². The number of carbonyl (C=O) groups is 1. The third-order valence-corrected chi connectivity index (χ3v) is 4.87. The maximum atomic E-state index is 12.5. The van der Waals surface area contributed by atoms with Gasteiger partial charge in [-0.3, -0.25) is 10.1 Å². The van der Waals surface area contributed by atoms with Crippen LogP contribution in [0.15, 0.2) is 6.33 Å². The molecule has 2 aliphatic rings. The molecule has 3 heterocycles. The Hall–Kier alpha value is -1.01. The average molecular weight is 266 g/mol. The van der Waals surface area contributed by atoms with Gasteiger partial charge in [-0.05, 0) is 6.92 Å². The van der Waals surface area contributed by atoms with E-state index >= 15 is 0 Å². The summed E-state index contributed by atoms with van der Waals surface area (Å²) < 4.78 is 0. The van der Waals surface area contributed by atoms with E-state index in [1.165, 1.54) is 0 Å². The number of aromatic nitrogens is 2. The first-order chi connectivity index (χ1) is 8.75. The second kappa shape index (κ2) is 4.93. The van der Waals surface area contributed by atoms with E-state index in [2.05, 4.69) is 22.2 Å². The molecule has 0 spiro atoms. The van der Waals surface area contributed by atoms with Gasteiger partial charge in [0, 0.05) is 37.1 Å². The van der Waals surface area contributed by atoms with Crippen LogP contribution in [0.3, 0.4) is 0 Å². The number of hydrogen-bond donors (Lipinski definition) is 2. The minimum atomic E-state index is -0.105. The van der Waals surface area contributed by atoms with E-state index in [1.807, 2.05) is 16.7 Å². The van der Waals surface area contributed by atoms with Crippen LogP contribution < -0.4 is 5.32 Å². The van der Waals surface area contributed by atoms with Gasteiger partial charge in [-0.15, -0.1) is 0 Å². The molecular weight excluding hydrogens is 248 g/mol. The largest absolute Gasteiger partial charge is 0.347 e. The first kappa shape index (κ1) is 12.0. The maximum absolute atomic E-state index is 12.5. The van der Waals surface area contributed by atoms with E-state index in [1.54, 1.807) is 6.33 Å². The summed E-state index contributed by atoms with van der Waals surface area (Å²) in [4.78, 5) is 21.9. The number of amides is 1. The van der Waals surface area contributed by atoms with Crippen LogP contribution in [0.4, 0.5) is 0 Å². The average Bonchev–Trinajstić information content (AvgIpc) is 2.85. The van der Waals surface area contributed by atoms with Crippen LogP contribution in [0.1, 0.15) is 18.3 Å². The van der Waals surface area contributed by atoms with Gasteiger partial charge in [0.25, 0.3) is 0 Å². The van der Waals surface area contributed by atoms with Crippen LogP contribution in [0.5, 0.6) is 0 Å². The molecule has 5 nitrogen and oxygen atoms in total. The van der Waals surface area contributed by atoms with Crippen molar-refractivity contribution in [2.24, 2.45) is 0 Å². The van der Waals surface area contributed by atoms with Gasteiger partial charge in [-0.1, -0.05) is 0 Å². The fraction of sp³-hybridized carbons (Fsp3) is 0.667. The van der Waals surface area contributed by atoms with Crippen LogP contribution in [0, 0.1) is 0 Å². The molecule has 0 saturated carbocycles. The van der Waals surface area contributed by atoms with Crippen LogP contribution >= 0.6 is 11.8 Å². The normalized spacial score (nSPS) is 27.9. The fourth-order valence-corrected chi connectivity index (χ4v) is 3.61. The topological polar surface area (TPSA) is 61.0 Å². The van der Waals surface area contributed by atoms with Gasteiger partial charge in [-0.2, -0.15) is 11.8 Å². The zero-order chi connectivity index (χ0) is 12.5. The first-order valence-corrected chi connectivity index (χ1v) is 7.54. The highest BCUT2D eigenvalue weighted by Crippen LogP contribution is 2.19. The smallest absolute Gasteiger partial charge is 0.240 e. The minimum Gasteiger partial charge on any atom is -0.347 e. The molecule has 0 radical (unpaired) electrons. The molecule has 1 fully saturated rings. The molecule has 1 aromatic heterocycles. The standard InChI is InChI=1S/C12H18N4OS/c1-8-6-18-3-2-16(8)12(17)10-4-9-11(5-13-10)15-7-14-9/h7-8,10,13H,2-6H2,1H3,(H,14,15). The molecule has 0 aromatic carbocycles. The van der Waals surface area contributed by atoms with Gasteiger partial charge in [0.05, 0.1) is 23.8 Å². The van der Waals surface area contributed by atoms with Gasteiger partial charge < -0.3 is 9.88 Å². The molecule has 18 heavy (non-hydrogen) atoms. The first-order valence-electron chi connectivity index (χ1n) is 6.38. The minimum absolute atomic E-state index is 0.105. The number of imidazole rings is 1. The molecule has 0 bridgehead atoms. The number of rotatable bonds is 1. The number of hydrogen-bond acceptors (Lipinski definition) is 4. The highest BCUT2D eigenvalue weighted by Gasteiger charge is 2.32. The molecule has 6 heteroatoms. The second-order valence-corrected chi connectivity index (χ2v) is 6.07. The monoisotopic (exact) mass is 266 g/mol. The van der Waals surface area contributed by atoms with Crippen molar-refractivity contribution >= 4 is 17.7 Å². The molecule has 2 aliphatic heterocycles. The van der Waals surface area contributed by atoms with Crippen molar-refractivity contribution in [2.75, 3.05) is 18.1 Å². The van der Waals surface area contributed by atoms with Crippen LogP contribution in [-0.2, 0) is 17.8 Å². The van der Waals surface area contributed by atoms with Crippen LogP contribution in [-0.4, -0.2) is 50.9 Å². The van der Waals surface area contributed by atoms with E-state index < -0.39 is 0 Å². The molecule has 0 aliphatic carbocycles. The lowest BCUT2D eigenvalue weighted by Crippen LogP contribution is -2.54. The lowest BCUT2D eigenvalue weighted by Gasteiger charge is -2.36. The maximum Gasteiger partial charge on any atom is 0.240 e. The number of thioether (sulfide) groups is 1. The van der Waals surface area contributed by atoms with Gasteiger partial charge in [0.15, 0.2) is 0 Å². The van der Waals surface area contributed by atoms with Crippen LogP contribution in [0.25, 0.3) is 0 Å². The molecule has 2 unspecified atom stereocenters. The lowest BCUT2D eigenvalue weighted by atomic mass is 10.0. The van der Waals surface area contributed by atoms with Crippen molar-refractivity contribution < 1.29 is 4.79 Å². The summed E-state index contributed by atoms with van der Waals surface area (Å²) in [5, 5.41) is 3.31. The summed E-state index contributed by atoms with van der Waals surface area (Å²) in [6, 6.07) is 0.241. The Balaban J connectivity index is 1.70. The Kier molecular flexibility index (Phi) is 3.30. The fourth-order valence-electron chi connectivity index (χ4n) is 2.60. The van der Waals surface area contributed by atoms with Crippen molar-refractivity contribution in [3.05, 3.63) is 17.7 Å². The predicted octanol–water partition coefficient (Wildman–Crippen LogP) is 0.388. The Morgan fingerprint density at radius 2 is 2.50 bits per heavy atom. The number of nitrogens with one attached hydrogen (secondary N) is 2. The molecular formula is C12H18N4OS. The number of carbonyl (C=O) groups excluding carboxylic acids is 1. The summed E-state index contributed by atoms with van der Waals surface area (Å²) >= 11 is 1.93. The van der Waals surface area contributed by atoms with Gasteiger partial charge in [0.1, 0.15) is 0 Å². The van der Waals surface area contributed by atoms with E-state index in [0.29, 0.717) is 19.0 Å². The van der Waals surface area contributed by atoms with Crippen molar-refractivity contribution in [2.45, 2.75) is 32.0 Å². The molecule has 3 rings (SSSR count). The molecule has 2 atom stereocenters. The predicted molar refractivity (Wildman–Crippen MR) is 71.4 cm³/mol. The SMILES string of the molecule is CC1CSCCN1C(=O)C1Cc2nc[nH]c2CN1. The number of nitrogens with zero attached hydrogens (tertiary/aromatic N) is 2. The Bertz CT molecular complexity index is 447. The molecule has 1 aromatic rings. The summed E-state index contributed by atoms with van der Waals surface area (Å²) in [6.45, 7) is 3.71. The summed E-state index contributed by atoms with van der Waals surface area (Å²) in [5.74, 6) is 2.33. The lowest BCUT2D eigenvalue weighted by molar-refractivity contribution is -0.135. The molecule has 2 N–H and O–H groups in total. The van der Waals surface area contributed by atoms with Crippen LogP contribution in [0.2, 0.25) is 0 Å². The second-order valence-electron chi connectivity index (χ2n) is 4.92. The Labute approximate surface area is 111 Å². The van der Waals surface area contributed by atoms with E-state index in [9.17, 15) is 4.79 Å². The van der Waals surface area contributed by atoms with Crippen molar-refractivity contribution in [1.29, 1.82) is 0 Å². The van der Waals surface area contributed by atoms with E-state index in [4.69, 9.17) is 0 Å². The van der Waals surface area contributed by atoms with Gasteiger partial charge >= 0.3 is 0 Å². The summed E-state index contributed by atoms with van der Waals surface area (Å²) in [7, 11) is 0. The third kappa shape index (κ3) is 2.14. The van der Waals surface area contributed by atoms with E-state index in [0.717, 1.165) is 29.4 Å². The molecule has 1 saturated heterocycles. The highest BCUT2D eigenvalue weighted by atomic mass is 32.2. The quantitative estimate of drug-likeness (QED) is 0.772. The summed E-state index contributed by atoms with van der Waals surface area (Å²) in [5.41, 5.74) is 2.15. The zero-order valence-electron chi connectivity index (χ0n) is 10.5. The molecule has 1 amide bonds. The highest BCUT2D eigenvalue weighted by molar-refractivity contribution is 7.99. The molecule has 98 valence electrons. The summed E-state index contributed by atoms with van der Waals surface area (Å²) in [6.07, 6.45) is 2.41. The van der Waals surface area contributed by atoms with E-state index in [-0.39, 0.29) is 11.9 Å². The van der Waals surface area contributed by atoms with Gasteiger partial charge in [-0.25, -0.2) is 4.98 Å². The number of fused-ring (bicyclic) bond motifs is 1. The number of H-pyrrole nitrogens is 1. The van der Waals surface area contributed by atoms with Crippen molar-refractivity contribution in [1.82, 2.24) is 20.2 Å². The van der Waals surface area contributed by atoms with Crippen molar-refractivity contribution in [3.63, 3.8) is 0 Å². The Morgan fingerprint density at radius 3 is 3.33 bits per heavy atom. The Morgan fingerprint density at radius 1 is 1.61 bits per heavy atom.